The minimum Gasteiger partial charge on any atom is -0.331 e. The number of carbonyl (C=O) groups is 1. The van der Waals surface area contributed by atoms with Crippen LogP contribution in [0.1, 0.15) is 34.5 Å². The molecule has 2 heterocycles. The fourth-order valence-electron chi connectivity index (χ4n) is 3.57. The molecule has 0 spiro atoms. The lowest BCUT2D eigenvalue weighted by Crippen LogP contribution is -3.11. The van der Waals surface area contributed by atoms with Gasteiger partial charge in [0.25, 0.3) is 5.91 Å². The highest BCUT2D eigenvalue weighted by molar-refractivity contribution is 7.21. The molecule has 2 N–H and O–H groups in total. The Hall–Kier alpha value is -1.88. The number of thiophene rings is 1. The SMILES string of the molecule is O=C(Nc1ccc(C[NH+]2CCCCC2)cc1)c1sc2ccccc2c1Cl. The van der Waals surface area contributed by atoms with Crippen LogP contribution in [-0.2, 0) is 6.54 Å². The van der Waals surface area contributed by atoms with Crippen molar-refractivity contribution in [2.24, 2.45) is 0 Å². The maximum Gasteiger partial charge on any atom is 0.267 e. The van der Waals surface area contributed by atoms with Gasteiger partial charge in [-0.25, -0.2) is 0 Å². The van der Waals surface area contributed by atoms with Gasteiger partial charge in [-0.05, 0) is 37.5 Å². The molecule has 4 rings (SSSR count). The Morgan fingerprint density at radius 1 is 1.04 bits per heavy atom. The standard InChI is InChI=1S/C21H21ClN2OS/c22-19-17-6-2-3-7-18(17)26-20(19)21(25)23-16-10-8-15(9-11-16)14-24-12-4-1-5-13-24/h2-3,6-11H,1,4-5,12-14H2,(H,23,25)/p+1. The van der Waals surface area contributed by atoms with E-state index in [1.54, 1.807) is 4.90 Å². The highest BCUT2D eigenvalue weighted by Crippen LogP contribution is 2.35. The van der Waals surface area contributed by atoms with Crippen molar-refractivity contribution in [3.8, 4) is 0 Å². The van der Waals surface area contributed by atoms with Crippen molar-refractivity contribution < 1.29 is 9.69 Å². The minimum absolute atomic E-state index is 0.148. The van der Waals surface area contributed by atoms with Crippen molar-refractivity contribution in [2.45, 2.75) is 25.8 Å². The Labute approximate surface area is 162 Å². The van der Waals surface area contributed by atoms with E-state index < -0.39 is 0 Å². The quantitative estimate of drug-likeness (QED) is 0.686. The van der Waals surface area contributed by atoms with Gasteiger partial charge in [0.15, 0.2) is 0 Å². The number of likely N-dealkylation sites (tertiary alicyclic amines) is 1. The molecular formula is C21H22ClN2OS+. The van der Waals surface area contributed by atoms with E-state index in [1.807, 2.05) is 36.4 Å². The topological polar surface area (TPSA) is 33.5 Å². The first-order valence-corrected chi connectivity index (χ1v) is 10.3. The highest BCUT2D eigenvalue weighted by Gasteiger charge is 2.17. The van der Waals surface area contributed by atoms with Crippen LogP contribution in [0, 0.1) is 0 Å². The Bertz CT molecular complexity index is 913. The minimum atomic E-state index is -0.148. The normalized spacial score (nSPS) is 15.3. The van der Waals surface area contributed by atoms with Crippen molar-refractivity contribution in [1.82, 2.24) is 0 Å². The van der Waals surface area contributed by atoms with Gasteiger partial charge in [0.05, 0.1) is 18.1 Å². The van der Waals surface area contributed by atoms with Gasteiger partial charge in [0.1, 0.15) is 11.4 Å². The van der Waals surface area contributed by atoms with Gasteiger partial charge in [-0.1, -0.05) is 41.9 Å². The van der Waals surface area contributed by atoms with Crippen LogP contribution in [0.25, 0.3) is 10.1 Å². The third-order valence-corrected chi connectivity index (χ3v) is 6.64. The summed E-state index contributed by atoms with van der Waals surface area (Å²) >= 11 is 7.83. The van der Waals surface area contributed by atoms with Crippen molar-refractivity contribution in [3.63, 3.8) is 0 Å². The molecule has 1 aliphatic rings. The molecule has 3 nitrogen and oxygen atoms in total. The lowest BCUT2D eigenvalue weighted by molar-refractivity contribution is -0.918. The molecule has 0 bridgehead atoms. The molecule has 2 aromatic carbocycles. The zero-order valence-electron chi connectivity index (χ0n) is 14.6. The number of rotatable bonds is 4. The third kappa shape index (κ3) is 3.78. The number of hydrogen-bond donors (Lipinski definition) is 2. The van der Waals surface area contributed by atoms with E-state index in [2.05, 4.69) is 17.4 Å². The number of halogens is 1. The summed E-state index contributed by atoms with van der Waals surface area (Å²) in [6, 6.07) is 16.0. The molecular weight excluding hydrogens is 364 g/mol. The molecule has 0 aliphatic carbocycles. The smallest absolute Gasteiger partial charge is 0.267 e. The summed E-state index contributed by atoms with van der Waals surface area (Å²) in [5, 5.41) is 4.44. The van der Waals surface area contributed by atoms with Gasteiger partial charge < -0.3 is 10.2 Å². The van der Waals surface area contributed by atoms with Gasteiger partial charge in [-0.2, -0.15) is 0 Å². The first-order valence-electron chi connectivity index (χ1n) is 9.11. The average molecular weight is 386 g/mol. The molecule has 26 heavy (non-hydrogen) atoms. The van der Waals surface area contributed by atoms with Crippen molar-refractivity contribution in [2.75, 3.05) is 18.4 Å². The number of carbonyl (C=O) groups excluding carboxylic acids is 1. The van der Waals surface area contributed by atoms with Crippen LogP contribution in [0.5, 0.6) is 0 Å². The largest absolute Gasteiger partial charge is 0.331 e. The first-order chi connectivity index (χ1) is 12.7. The van der Waals surface area contributed by atoms with Gasteiger partial charge in [0, 0.05) is 21.3 Å². The molecule has 0 saturated carbocycles. The summed E-state index contributed by atoms with van der Waals surface area (Å²) in [7, 11) is 0. The highest BCUT2D eigenvalue weighted by atomic mass is 35.5. The number of fused-ring (bicyclic) bond motifs is 1. The number of anilines is 1. The van der Waals surface area contributed by atoms with E-state index in [0.717, 1.165) is 22.3 Å². The van der Waals surface area contributed by atoms with Gasteiger partial charge >= 0.3 is 0 Å². The number of nitrogens with one attached hydrogen (secondary N) is 2. The predicted octanol–water partition coefficient (Wildman–Crippen LogP) is 4.38. The number of amides is 1. The molecule has 1 saturated heterocycles. The second-order valence-corrected chi connectivity index (χ2v) is 8.31. The second-order valence-electron chi connectivity index (χ2n) is 6.88. The summed E-state index contributed by atoms with van der Waals surface area (Å²) in [6.07, 6.45) is 4.04. The molecule has 0 unspecified atom stereocenters. The van der Waals surface area contributed by atoms with Crippen LogP contribution in [0.3, 0.4) is 0 Å². The molecule has 1 amide bonds. The van der Waals surface area contributed by atoms with E-state index >= 15 is 0 Å². The predicted molar refractivity (Wildman–Crippen MR) is 109 cm³/mol. The van der Waals surface area contributed by atoms with Gasteiger partial charge in [-0.15, -0.1) is 11.3 Å². The maximum absolute atomic E-state index is 12.6. The maximum atomic E-state index is 12.6. The zero-order chi connectivity index (χ0) is 17.9. The first kappa shape index (κ1) is 17.5. The second kappa shape index (κ2) is 7.78. The van der Waals surface area contributed by atoms with Gasteiger partial charge in [0.2, 0.25) is 0 Å². The fraction of sp³-hybridized carbons (Fsp3) is 0.286. The Kier molecular flexibility index (Phi) is 5.25. The summed E-state index contributed by atoms with van der Waals surface area (Å²) in [5.41, 5.74) is 2.13. The Morgan fingerprint density at radius 3 is 2.50 bits per heavy atom. The lowest BCUT2D eigenvalue weighted by atomic mass is 10.1. The lowest BCUT2D eigenvalue weighted by Gasteiger charge is -2.23. The zero-order valence-corrected chi connectivity index (χ0v) is 16.1. The number of quaternary nitrogens is 1. The molecule has 5 heteroatoms. The fourth-order valence-corrected chi connectivity index (χ4v) is 4.98. The number of hydrogen-bond acceptors (Lipinski definition) is 2. The Morgan fingerprint density at radius 2 is 1.77 bits per heavy atom. The van der Waals surface area contributed by atoms with Crippen LogP contribution in [0.15, 0.2) is 48.5 Å². The monoisotopic (exact) mass is 385 g/mol. The van der Waals surface area contributed by atoms with Crippen molar-refractivity contribution in [3.05, 3.63) is 64.0 Å². The van der Waals surface area contributed by atoms with Crippen LogP contribution in [-0.4, -0.2) is 19.0 Å². The van der Waals surface area contributed by atoms with Crippen molar-refractivity contribution >= 4 is 44.6 Å². The Balaban J connectivity index is 1.44. The molecule has 0 atom stereocenters. The van der Waals surface area contributed by atoms with Crippen LogP contribution in [0.4, 0.5) is 5.69 Å². The molecule has 134 valence electrons. The molecule has 1 aliphatic heterocycles. The van der Waals surface area contributed by atoms with Crippen molar-refractivity contribution in [1.29, 1.82) is 0 Å². The van der Waals surface area contributed by atoms with Crippen LogP contribution in [0.2, 0.25) is 5.02 Å². The summed E-state index contributed by atoms with van der Waals surface area (Å²) in [5.74, 6) is -0.148. The summed E-state index contributed by atoms with van der Waals surface area (Å²) < 4.78 is 1.03. The van der Waals surface area contributed by atoms with E-state index in [9.17, 15) is 4.79 Å². The molecule has 0 radical (unpaired) electrons. The van der Waals surface area contributed by atoms with E-state index in [4.69, 9.17) is 11.6 Å². The molecule has 1 aromatic heterocycles. The van der Waals surface area contributed by atoms with Gasteiger partial charge in [-0.3, -0.25) is 4.79 Å². The number of benzene rings is 2. The van der Waals surface area contributed by atoms with E-state index in [1.165, 1.54) is 49.3 Å². The van der Waals surface area contributed by atoms with Crippen LogP contribution >= 0.6 is 22.9 Å². The van der Waals surface area contributed by atoms with E-state index in [0.29, 0.717) is 9.90 Å². The average Bonchev–Trinajstić information content (AvgIpc) is 3.01. The molecule has 3 aromatic rings. The third-order valence-electron chi connectivity index (χ3n) is 4.97. The summed E-state index contributed by atoms with van der Waals surface area (Å²) in [4.78, 5) is 14.8. The molecule has 1 fully saturated rings. The van der Waals surface area contributed by atoms with Crippen LogP contribution < -0.4 is 10.2 Å². The number of piperidine rings is 1. The summed E-state index contributed by atoms with van der Waals surface area (Å²) in [6.45, 7) is 3.60. The van der Waals surface area contributed by atoms with E-state index in [-0.39, 0.29) is 5.91 Å².